The van der Waals surface area contributed by atoms with Crippen LogP contribution in [0.1, 0.15) is 27.7 Å². The molecule has 0 radical (unpaired) electrons. The number of halogens is 1. The Balaban J connectivity index is 1.82. The van der Waals surface area contributed by atoms with Gasteiger partial charge < -0.3 is 34.5 Å². The maximum Gasteiger partial charge on any atom is 0.410 e. The number of imidazole rings is 1. The van der Waals surface area contributed by atoms with Gasteiger partial charge in [0.25, 0.3) is 0 Å². The zero-order chi connectivity index (χ0) is 22.7. The van der Waals surface area contributed by atoms with Crippen LogP contribution in [0.25, 0.3) is 0 Å². The van der Waals surface area contributed by atoms with Crippen molar-refractivity contribution in [2.24, 2.45) is 0 Å². The molecule has 0 unspecified atom stereocenters. The third-order valence-electron chi connectivity index (χ3n) is 4.11. The molecule has 1 aromatic rings. The van der Waals surface area contributed by atoms with Gasteiger partial charge in [-0.05, 0) is 49.2 Å². The predicted octanol–water partition coefficient (Wildman–Crippen LogP) is 1.88. The number of hydrogen-bond donors (Lipinski definition) is 1. The van der Waals surface area contributed by atoms with Crippen molar-refractivity contribution in [1.29, 1.82) is 0 Å². The Morgan fingerprint density at radius 3 is 2.20 bits per heavy atom. The molecule has 12 nitrogen and oxygen atoms in total. The van der Waals surface area contributed by atoms with Crippen LogP contribution in [0.2, 0.25) is 5.28 Å². The van der Waals surface area contributed by atoms with E-state index in [4.69, 9.17) is 21.1 Å². The summed E-state index contributed by atoms with van der Waals surface area (Å²) in [5.74, 6) is -0.448. The quantitative estimate of drug-likeness (QED) is 0.532. The lowest BCUT2D eigenvalue weighted by Crippen LogP contribution is -2.52. The fraction of sp³-hybridized carbons (Fsp3) is 0.706. The number of carbonyl (C=O) groups excluding carboxylic acids is 2. The molecule has 1 fully saturated rings. The summed E-state index contributed by atoms with van der Waals surface area (Å²) in [6.45, 7) is 7.34. The van der Waals surface area contributed by atoms with Crippen LogP contribution in [-0.2, 0) is 16.0 Å². The van der Waals surface area contributed by atoms with Gasteiger partial charge in [-0.1, -0.05) is 0 Å². The van der Waals surface area contributed by atoms with E-state index in [1.54, 1.807) is 20.8 Å². The number of rotatable bonds is 5. The summed E-state index contributed by atoms with van der Waals surface area (Å²) in [5, 5.41) is 21.1. The molecule has 2 amide bonds. The molecule has 0 aliphatic carbocycles. The van der Waals surface area contributed by atoms with Gasteiger partial charge in [0.1, 0.15) is 24.0 Å². The van der Waals surface area contributed by atoms with E-state index < -0.39 is 34.1 Å². The lowest BCUT2D eigenvalue weighted by Gasteiger charge is -2.35. The highest BCUT2D eigenvalue weighted by Crippen LogP contribution is 2.19. The molecule has 0 bridgehead atoms. The molecule has 2 rings (SSSR count). The van der Waals surface area contributed by atoms with Crippen molar-refractivity contribution >= 4 is 29.6 Å². The molecule has 0 aromatic carbocycles. The molecule has 13 heteroatoms. The summed E-state index contributed by atoms with van der Waals surface area (Å²) in [6, 6.07) is 0. The summed E-state index contributed by atoms with van der Waals surface area (Å²) >= 11 is 5.84. The summed E-state index contributed by atoms with van der Waals surface area (Å²) in [4.78, 5) is 40.9. The molecule has 1 atom stereocenters. The van der Waals surface area contributed by atoms with Crippen molar-refractivity contribution in [3.8, 4) is 0 Å². The monoisotopic (exact) mass is 447 g/mol. The summed E-state index contributed by atoms with van der Waals surface area (Å²) in [7, 11) is 0. The zero-order valence-electron chi connectivity index (χ0n) is 17.3. The first kappa shape index (κ1) is 23.7. The number of ether oxygens (including phenoxy) is 2. The molecule has 1 aliphatic rings. The van der Waals surface area contributed by atoms with Crippen molar-refractivity contribution in [3.63, 3.8) is 0 Å². The first-order valence-corrected chi connectivity index (χ1v) is 9.64. The van der Waals surface area contributed by atoms with Gasteiger partial charge in [-0.15, -0.1) is 0 Å². The van der Waals surface area contributed by atoms with Crippen LogP contribution in [0.15, 0.2) is 6.20 Å². The molecule has 1 N–H and O–H groups in total. The number of amides is 2. The molecule has 1 saturated heterocycles. The minimum Gasteiger partial charge on any atom is -0.446 e. The van der Waals surface area contributed by atoms with E-state index in [1.165, 1.54) is 21.3 Å². The van der Waals surface area contributed by atoms with Crippen LogP contribution in [0.4, 0.5) is 15.4 Å². The summed E-state index contributed by atoms with van der Waals surface area (Å²) in [5.41, 5.74) is -2.14. The SMILES string of the molecule is CC(C)(C)OC(=O)N1CCN(C(=O)OC[C@](C)(O)Cn2cc([N+](=O)[O-])nc2Cl)CC1. The molecule has 2 heterocycles. The molecular weight excluding hydrogens is 422 g/mol. The Labute approximate surface area is 178 Å². The number of hydrogen-bond acceptors (Lipinski definition) is 8. The number of nitrogens with zero attached hydrogens (tertiary/aromatic N) is 5. The number of piperazine rings is 1. The third-order valence-corrected chi connectivity index (χ3v) is 4.41. The lowest BCUT2D eigenvalue weighted by atomic mass is 10.1. The van der Waals surface area contributed by atoms with Crippen molar-refractivity contribution in [3.05, 3.63) is 21.6 Å². The highest BCUT2D eigenvalue weighted by atomic mass is 35.5. The molecule has 0 saturated carbocycles. The van der Waals surface area contributed by atoms with Gasteiger partial charge in [0, 0.05) is 26.2 Å². The van der Waals surface area contributed by atoms with Gasteiger partial charge in [0.15, 0.2) is 0 Å². The first-order valence-electron chi connectivity index (χ1n) is 9.26. The number of aromatic nitrogens is 2. The summed E-state index contributed by atoms with van der Waals surface area (Å²) < 4.78 is 11.7. The van der Waals surface area contributed by atoms with E-state index >= 15 is 0 Å². The smallest absolute Gasteiger partial charge is 0.410 e. The normalized spacial score (nSPS) is 16.7. The second-order valence-electron chi connectivity index (χ2n) is 8.26. The number of carbonyl (C=O) groups is 2. The fourth-order valence-corrected chi connectivity index (χ4v) is 2.89. The Kier molecular flexibility index (Phi) is 7.14. The predicted molar refractivity (Wildman–Crippen MR) is 105 cm³/mol. The van der Waals surface area contributed by atoms with E-state index in [-0.39, 0.29) is 31.5 Å². The van der Waals surface area contributed by atoms with E-state index in [0.717, 1.165) is 6.20 Å². The first-order chi connectivity index (χ1) is 13.8. The van der Waals surface area contributed by atoms with Gasteiger partial charge in [0.05, 0.1) is 6.54 Å². The standard InChI is InChI=1S/C17H26ClN5O7/c1-16(2,3)30-15(25)21-7-5-20(6-8-21)14(24)29-11-17(4,26)10-22-9-12(23(27)28)19-13(22)18/h9,26H,5-8,10-11H2,1-4H3/t17-/m1/s1. The Hall–Kier alpha value is -2.60. The van der Waals surface area contributed by atoms with Crippen LogP contribution in [0.3, 0.4) is 0 Å². The van der Waals surface area contributed by atoms with E-state index in [1.807, 2.05) is 0 Å². The van der Waals surface area contributed by atoms with Crippen LogP contribution < -0.4 is 0 Å². The topological polar surface area (TPSA) is 140 Å². The van der Waals surface area contributed by atoms with Crippen LogP contribution in [0, 0.1) is 10.1 Å². The second kappa shape index (κ2) is 9.04. The molecular formula is C17H26ClN5O7. The highest BCUT2D eigenvalue weighted by molar-refractivity contribution is 6.28. The lowest BCUT2D eigenvalue weighted by molar-refractivity contribution is -0.389. The van der Waals surface area contributed by atoms with Gasteiger partial charge in [0.2, 0.25) is 0 Å². The number of aliphatic hydroxyl groups is 1. The molecule has 30 heavy (non-hydrogen) atoms. The maximum atomic E-state index is 12.3. The van der Waals surface area contributed by atoms with Gasteiger partial charge in [-0.3, -0.25) is 4.57 Å². The zero-order valence-corrected chi connectivity index (χ0v) is 18.1. The minimum atomic E-state index is -1.54. The highest BCUT2D eigenvalue weighted by Gasteiger charge is 2.31. The van der Waals surface area contributed by atoms with E-state index in [2.05, 4.69) is 4.98 Å². The number of nitro groups is 1. The van der Waals surface area contributed by atoms with Gasteiger partial charge in [-0.25, -0.2) is 9.59 Å². The van der Waals surface area contributed by atoms with Crippen LogP contribution in [-0.4, -0.2) is 85.6 Å². The molecule has 1 aromatic heterocycles. The van der Waals surface area contributed by atoms with Crippen molar-refractivity contribution in [2.75, 3.05) is 32.8 Å². The van der Waals surface area contributed by atoms with Gasteiger partial charge >= 0.3 is 23.3 Å². The van der Waals surface area contributed by atoms with Crippen molar-refractivity contribution in [1.82, 2.24) is 19.4 Å². The van der Waals surface area contributed by atoms with Crippen LogP contribution in [0.5, 0.6) is 0 Å². The van der Waals surface area contributed by atoms with E-state index in [9.17, 15) is 24.8 Å². The molecule has 1 aliphatic heterocycles. The largest absolute Gasteiger partial charge is 0.446 e. The van der Waals surface area contributed by atoms with Gasteiger partial charge in [-0.2, -0.15) is 0 Å². The molecule has 0 spiro atoms. The maximum absolute atomic E-state index is 12.3. The Morgan fingerprint density at radius 2 is 1.73 bits per heavy atom. The van der Waals surface area contributed by atoms with Crippen molar-refractivity contribution < 1.29 is 29.1 Å². The third kappa shape index (κ3) is 6.73. The molecule has 168 valence electrons. The van der Waals surface area contributed by atoms with Crippen LogP contribution >= 0.6 is 11.6 Å². The second-order valence-corrected chi connectivity index (χ2v) is 8.60. The van der Waals surface area contributed by atoms with Crippen molar-refractivity contribution in [2.45, 2.75) is 45.4 Å². The minimum absolute atomic E-state index is 0.160. The average Bonchev–Trinajstić information content (AvgIpc) is 2.99. The average molecular weight is 448 g/mol. The Morgan fingerprint density at radius 1 is 1.20 bits per heavy atom. The Bertz CT molecular complexity index is 797. The van der Waals surface area contributed by atoms with E-state index in [0.29, 0.717) is 13.1 Å². The fourth-order valence-electron chi connectivity index (χ4n) is 2.70. The summed E-state index contributed by atoms with van der Waals surface area (Å²) in [6.07, 6.45) is 0.0145.